The number of rotatable bonds is 2. The minimum atomic E-state index is -0.180. The number of fused-ring (bicyclic) bond motifs is 1. The number of hydrogen-bond acceptors (Lipinski definition) is 2. The molecular formula is C15H13BrClNO. The van der Waals surface area contributed by atoms with Crippen LogP contribution in [0.25, 0.3) is 0 Å². The van der Waals surface area contributed by atoms with Crippen molar-refractivity contribution in [2.45, 2.75) is 12.5 Å². The van der Waals surface area contributed by atoms with Gasteiger partial charge in [-0.1, -0.05) is 39.7 Å². The van der Waals surface area contributed by atoms with Crippen molar-refractivity contribution in [3.8, 4) is 5.75 Å². The smallest absolute Gasteiger partial charge is 0.122 e. The molecule has 0 bridgehead atoms. The average molecular weight is 339 g/mol. The molecule has 0 aliphatic carbocycles. The Morgan fingerprint density at radius 3 is 2.79 bits per heavy atom. The highest BCUT2D eigenvalue weighted by molar-refractivity contribution is 9.10. The monoisotopic (exact) mass is 337 g/mol. The molecule has 1 unspecified atom stereocenters. The highest BCUT2D eigenvalue weighted by Crippen LogP contribution is 2.31. The third-order valence-electron chi connectivity index (χ3n) is 3.32. The quantitative estimate of drug-likeness (QED) is 0.895. The summed E-state index contributed by atoms with van der Waals surface area (Å²) in [7, 11) is 0. The van der Waals surface area contributed by atoms with Gasteiger partial charge in [-0.25, -0.2) is 0 Å². The van der Waals surface area contributed by atoms with E-state index < -0.39 is 0 Å². The Morgan fingerprint density at radius 1 is 1.16 bits per heavy atom. The van der Waals surface area contributed by atoms with Gasteiger partial charge in [0.1, 0.15) is 5.75 Å². The molecule has 0 saturated heterocycles. The molecule has 0 saturated carbocycles. The van der Waals surface area contributed by atoms with E-state index in [-0.39, 0.29) is 6.04 Å². The van der Waals surface area contributed by atoms with Gasteiger partial charge in [-0.3, -0.25) is 0 Å². The van der Waals surface area contributed by atoms with E-state index in [1.807, 2.05) is 30.3 Å². The van der Waals surface area contributed by atoms with E-state index in [4.69, 9.17) is 22.1 Å². The molecular weight excluding hydrogens is 326 g/mol. The predicted octanol–water partition coefficient (Wildman–Crippen LogP) is 4.09. The lowest BCUT2D eigenvalue weighted by molar-refractivity contribution is 0.357. The lowest BCUT2D eigenvalue weighted by atomic mass is 9.97. The number of halogens is 2. The summed E-state index contributed by atoms with van der Waals surface area (Å²) in [5.74, 6) is 0.975. The van der Waals surface area contributed by atoms with Crippen LogP contribution >= 0.6 is 27.5 Å². The van der Waals surface area contributed by atoms with Gasteiger partial charge in [0.2, 0.25) is 0 Å². The zero-order chi connectivity index (χ0) is 13.4. The van der Waals surface area contributed by atoms with Crippen molar-refractivity contribution in [1.82, 2.24) is 0 Å². The van der Waals surface area contributed by atoms with Gasteiger partial charge >= 0.3 is 0 Å². The van der Waals surface area contributed by atoms with Crippen LogP contribution in [0.2, 0.25) is 5.02 Å². The highest BCUT2D eigenvalue weighted by atomic mass is 79.9. The molecule has 0 radical (unpaired) electrons. The van der Waals surface area contributed by atoms with Gasteiger partial charge in [0.05, 0.1) is 12.6 Å². The molecule has 0 aromatic heterocycles. The molecule has 1 atom stereocenters. The Bertz CT molecular complexity index is 609. The fourth-order valence-corrected chi connectivity index (χ4v) is 3.23. The van der Waals surface area contributed by atoms with Crippen LogP contribution in [0.5, 0.6) is 5.75 Å². The van der Waals surface area contributed by atoms with Crippen LogP contribution in [-0.2, 0) is 6.42 Å². The zero-order valence-corrected chi connectivity index (χ0v) is 12.5. The van der Waals surface area contributed by atoms with E-state index in [1.165, 1.54) is 5.56 Å². The third kappa shape index (κ3) is 2.64. The van der Waals surface area contributed by atoms with Crippen molar-refractivity contribution in [2.75, 3.05) is 6.61 Å². The van der Waals surface area contributed by atoms with E-state index in [2.05, 4.69) is 22.0 Å². The van der Waals surface area contributed by atoms with E-state index in [0.29, 0.717) is 5.02 Å². The summed E-state index contributed by atoms with van der Waals surface area (Å²) in [5, 5.41) is 0.685. The summed E-state index contributed by atoms with van der Waals surface area (Å²) in [6, 6.07) is 11.7. The van der Waals surface area contributed by atoms with Gasteiger partial charge in [0.15, 0.2) is 0 Å². The van der Waals surface area contributed by atoms with Gasteiger partial charge < -0.3 is 10.5 Å². The first kappa shape index (κ1) is 13.0. The number of benzene rings is 2. The van der Waals surface area contributed by atoms with Crippen molar-refractivity contribution < 1.29 is 4.74 Å². The topological polar surface area (TPSA) is 35.2 Å². The van der Waals surface area contributed by atoms with Crippen LogP contribution in [0.3, 0.4) is 0 Å². The molecule has 0 amide bonds. The Balaban J connectivity index is 1.97. The second-order valence-electron chi connectivity index (χ2n) is 4.65. The molecule has 1 heterocycles. The van der Waals surface area contributed by atoms with Crippen molar-refractivity contribution in [2.24, 2.45) is 5.73 Å². The first-order valence-corrected chi connectivity index (χ1v) is 7.28. The van der Waals surface area contributed by atoms with E-state index in [1.54, 1.807) is 0 Å². The second-order valence-corrected chi connectivity index (χ2v) is 6.00. The zero-order valence-electron chi connectivity index (χ0n) is 10.2. The number of ether oxygens (including phenoxy) is 1. The Kier molecular flexibility index (Phi) is 3.52. The first-order valence-electron chi connectivity index (χ1n) is 6.11. The maximum Gasteiger partial charge on any atom is 0.122 e. The Morgan fingerprint density at radius 2 is 2.00 bits per heavy atom. The molecule has 19 heavy (non-hydrogen) atoms. The highest BCUT2D eigenvalue weighted by Gasteiger charge is 2.16. The van der Waals surface area contributed by atoms with Gasteiger partial charge in [0, 0.05) is 15.9 Å². The maximum absolute atomic E-state index is 6.33. The molecule has 0 fully saturated rings. The summed E-state index contributed by atoms with van der Waals surface area (Å²) in [6.45, 7) is 0.761. The lowest BCUT2D eigenvalue weighted by Crippen LogP contribution is -2.12. The molecule has 1 aliphatic heterocycles. The molecule has 2 aromatic rings. The van der Waals surface area contributed by atoms with Crippen molar-refractivity contribution in [1.29, 1.82) is 0 Å². The summed E-state index contributed by atoms with van der Waals surface area (Å²) < 4.78 is 6.45. The van der Waals surface area contributed by atoms with Gasteiger partial charge in [0.25, 0.3) is 0 Å². The maximum atomic E-state index is 6.33. The summed E-state index contributed by atoms with van der Waals surface area (Å²) in [4.78, 5) is 0. The Hall–Kier alpha value is -1.03. The minimum Gasteiger partial charge on any atom is -0.493 e. The van der Waals surface area contributed by atoms with Crippen LogP contribution < -0.4 is 10.5 Å². The fourth-order valence-electron chi connectivity index (χ4n) is 2.35. The van der Waals surface area contributed by atoms with Crippen LogP contribution in [0.4, 0.5) is 0 Å². The van der Waals surface area contributed by atoms with Crippen LogP contribution in [0.15, 0.2) is 40.9 Å². The van der Waals surface area contributed by atoms with Gasteiger partial charge in [-0.05, 0) is 41.0 Å². The molecule has 0 spiro atoms. The fraction of sp³-hybridized carbons (Fsp3) is 0.200. The van der Waals surface area contributed by atoms with Crippen molar-refractivity contribution in [3.63, 3.8) is 0 Å². The summed E-state index contributed by atoms with van der Waals surface area (Å²) >= 11 is 9.51. The predicted molar refractivity (Wildman–Crippen MR) is 80.8 cm³/mol. The minimum absolute atomic E-state index is 0.180. The summed E-state index contributed by atoms with van der Waals surface area (Å²) in [5.41, 5.74) is 9.64. The van der Waals surface area contributed by atoms with Crippen LogP contribution in [0.1, 0.15) is 22.7 Å². The van der Waals surface area contributed by atoms with Gasteiger partial charge in [-0.2, -0.15) is 0 Å². The second kappa shape index (κ2) is 5.16. The van der Waals surface area contributed by atoms with Crippen molar-refractivity contribution in [3.05, 3.63) is 62.6 Å². The molecule has 2 N–H and O–H groups in total. The van der Waals surface area contributed by atoms with Crippen LogP contribution in [0, 0.1) is 0 Å². The molecule has 3 rings (SSSR count). The normalized spacial score (nSPS) is 14.9. The Labute approximate surface area is 125 Å². The molecule has 1 aliphatic rings. The standard InChI is InChI=1S/C15H13BrClNO/c16-12-6-11(7-13(17)8-12)15(18)10-1-2-14-9(5-10)3-4-19-14/h1-2,5-8,15H,3-4,18H2. The molecule has 98 valence electrons. The number of hydrogen-bond donors (Lipinski definition) is 1. The third-order valence-corrected chi connectivity index (χ3v) is 3.99. The van der Waals surface area contributed by atoms with Gasteiger partial charge in [-0.15, -0.1) is 0 Å². The SMILES string of the molecule is NC(c1cc(Cl)cc(Br)c1)c1ccc2c(c1)CCO2. The molecule has 4 heteroatoms. The largest absolute Gasteiger partial charge is 0.493 e. The average Bonchev–Trinajstić information content (AvgIpc) is 2.83. The van der Waals surface area contributed by atoms with E-state index in [9.17, 15) is 0 Å². The number of nitrogens with two attached hydrogens (primary N) is 1. The van der Waals surface area contributed by atoms with Crippen LogP contribution in [-0.4, -0.2) is 6.61 Å². The summed E-state index contributed by atoms with van der Waals surface area (Å²) in [6.07, 6.45) is 0.954. The van der Waals surface area contributed by atoms with E-state index >= 15 is 0 Å². The lowest BCUT2D eigenvalue weighted by Gasteiger charge is -2.14. The van der Waals surface area contributed by atoms with E-state index in [0.717, 1.165) is 34.4 Å². The molecule has 2 nitrogen and oxygen atoms in total. The van der Waals surface area contributed by atoms with Crippen molar-refractivity contribution >= 4 is 27.5 Å². The molecule has 2 aromatic carbocycles. The first-order chi connectivity index (χ1) is 9.13.